The summed E-state index contributed by atoms with van der Waals surface area (Å²) >= 11 is 5.63. The van der Waals surface area contributed by atoms with E-state index in [0.29, 0.717) is 13.2 Å². The summed E-state index contributed by atoms with van der Waals surface area (Å²) in [4.78, 5) is 5.51. The van der Waals surface area contributed by atoms with Crippen LogP contribution in [0.5, 0.6) is 0 Å². The normalized spacial score (nSPS) is 20.7. The van der Waals surface area contributed by atoms with E-state index < -0.39 is 17.8 Å². The van der Waals surface area contributed by atoms with Crippen molar-refractivity contribution in [3.05, 3.63) is 22.8 Å². The number of alkyl halides is 3. The molecule has 0 amide bonds. The standard InChI is InChI=1S/C11H12ClF3N2O2/c12-9-3-7(11(13,14)15)4-10(16-9)17-1-2-19-8(5-17)6-18/h3-4,8,18H,1-2,5-6H2. The number of pyridine rings is 1. The third-order valence-electron chi connectivity index (χ3n) is 2.77. The van der Waals surface area contributed by atoms with Crippen LogP contribution in [0.1, 0.15) is 5.56 Å². The largest absolute Gasteiger partial charge is 0.416 e. The van der Waals surface area contributed by atoms with Crippen molar-refractivity contribution >= 4 is 17.4 Å². The molecule has 8 heteroatoms. The SMILES string of the molecule is OCC1CN(c2cc(C(F)(F)F)cc(Cl)n2)CCO1. The summed E-state index contributed by atoms with van der Waals surface area (Å²) < 4.78 is 43.3. The van der Waals surface area contributed by atoms with Crippen molar-refractivity contribution in [1.29, 1.82) is 0 Å². The fraction of sp³-hybridized carbons (Fsp3) is 0.545. The summed E-state index contributed by atoms with van der Waals surface area (Å²) in [6.45, 7) is 0.812. The third kappa shape index (κ3) is 3.49. The van der Waals surface area contributed by atoms with Gasteiger partial charge < -0.3 is 14.7 Å². The number of aliphatic hydroxyl groups excluding tert-OH is 1. The first kappa shape index (κ1) is 14.4. The number of morpholine rings is 1. The molecular weight excluding hydrogens is 285 g/mol. The molecule has 2 heterocycles. The van der Waals surface area contributed by atoms with Gasteiger partial charge in [-0.05, 0) is 12.1 Å². The van der Waals surface area contributed by atoms with Crippen molar-refractivity contribution < 1.29 is 23.0 Å². The second-order valence-electron chi connectivity index (χ2n) is 4.16. The highest BCUT2D eigenvalue weighted by Crippen LogP contribution is 2.33. The summed E-state index contributed by atoms with van der Waals surface area (Å²) in [5.74, 6) is 0.140. The third-order valence-corrected chi connectivity index (χ3v) is 2.97. The van der Waals surface area contributed by atoms with Crippen LogP contribution in [0.4, 0.5) is 19.0 Å². The second kappa shape index (κ2) is 5.52. The van der Waals surface area contributed by atoms with E-state index in [9.17, 15) is 13.2 Å². The van der Waals surface area contributed by atoms with Gasteiger partial charge in [-0.25, -0.2) is 4.98 Å². The highest BCUT2D eigenvalue weighted by atomic mass is 35.5. The first-order valence-electron chi connectivity index (χ1n) is 5.62. The van der Waals surface area contributed by atoms with Crippen molar-refractivity contribution in [2.75, 3.05) is 31.2 Å². The molecule has 0 aliphatic carbocycles. The lowest BCUT2D eigenvalue weighted by molar-refractivity contribution is -0.137. The molecule has 1 aliphatic rings. The number of hydrogen-bond acceptors (Lipinski definition) is 4. The van der Waals surface area contributed by atoms with Gasteiger partial charge in [-0.2, -0.15) is 13.2 Å². The second-order valence-corrected chi connectivity index (χ2v) is 4.54. The minimum Gasteiger partial charge on any atom is -0.394 e. The molecule has 0 saturated carbocycles. The Morgan fingerprint density at radius 1 is 1.47 bits per heavy atom. The minimum absolute atomic E-state index is 0.140. The number of ether oxygens (including phenoxy) is 1. The quantitative estimate of drug-likeness (QED) is 0.848. The van der Waals surface area contributed by atoms with Crippen LogP contribution in [0.3, 0.4) is 0 Å². The number of hydrogen-bond donors (Lipinski definition) is 1. The molecule has 1 aromatic rings. The van der Waals surface area contributed by atoms with Crippen LogP contribution >= 0.6 is 11.6 Å². The van der Waals surface area contributed by atoms with E-state index in [1.54, 1.807) is 4.90 Å². The first-order valence-corrected chi connectivity index (χ1v) is 6.00. The van der Waals surface area contributed by atoms with E-state index in [0.717, 1.165) is 12.1 Å². The van der Waals surface area contributed by atoms with Gasteiger partial charge in [-0.1, -0.05) is 11.6 Å². The van der Waals surface area contributed by atoms with Crippen LogP contribution in [0.15, 0.2) is 12.1 Å². The topological polar surface area (TPSA) is 45.6 Å². The molecule has 2 rings (SSSR count). The van der Waals surface area contributed by atoms with Gasteiger partial charge in [0.05, 0.1) is 24.9 Å². The van der Waals surface area contributed by atoms with Gasteiger partial charge in [0, 0.05) is 13.1 Å². The summed E-state index contributed by atoms with van der Waals surface area (Å²) in [7, 11) is 0. The van der Waals surface area contributed by atoms with Crippen LogP contribution in [0, 0.1) is 0 Å². The van der Waals surface area contributed by atoms with Crippen molar-refractivity contribution in [2.45, 2.75) is 12.3 Å². The molecule has 1 aromatic heterocycles. The van der Waals surface area contributed by atoms with Gasteiger partial charge >= 0.3 is 6.18 Å². The molecule has 1 saturated heterocycles. The lowest BCUT2D eigenvalue weighted by atomic mass is 10.2. The molecule has 1 aliphatic heterocycles. The maximum absolute atomic E-state index is 12.7. The Hall–Kier alpha value is -1.05. The van der Waals surface area contributed by atoms with E-state index in [1.165, 1.54) is 0 Å². The van der Waals surface area contributed by atoms with Gasteiger partial charge in [0.1, 0.15) is 11.0 Å². The van der Waals surface area contributed by atoms with Crippen molar-refractivity contribution in [2.24, 2.45) is 0 Å². The number of aliphatic hydroxyl groups is 1. The fourth-order valence-corrected chi connectivity index (χ4v) is 2.05. The minimum atomic E-state index is -4.47. The van der Waals surface area contributed by atoms with Crippen LogP contribution in [-0.4, -0.2) is 42.5 Å². The predicted molar refractivity (Wildman–Crippen MR) is 63.3 cm³/mol. The Balaban J connectivity index is 2.26. The summed E-state index contributed by atoms with van der Waals surface area (Å²) in [5.41, 5.74) is -0.838. The van der Waals surface area contributed by atoms with E-state index in [2.05, 4.69) is 4.98 Å². The molecule has 0 radical (unpaired) electrons. The summed E-state index contributed by atoms with van der Waals surface area (Å²) in [5, 5.41) is 8.80. The fourth-order valence-electron chi connectivity index (χ4n) is 1.85. The number of halogens is 4. The maximum atomic E-state index is 12.7. The molecule has 106 valence electrons. The molecule has 0 aromatic carbocycles. The van der Waals surface area contributed by atoms with Crippen LogP contribution in [0.25, 0.3) is 0 Å². The smallest absolute Gasteiger partial charge is 0.394 e. The highest BCUT2D eigenvalue weighted by molar-refractivity contribution is 6.29. The van der Waals surface area contributed by atoms with E-state index in [1.807, 2.05) is 0 Å². The van der Waals surface area contributed by atoms with Gasteiger partial charge in [-0.15, -0.1) is 0 Å². The summed E-state index contributed by atoms with van der Waals surface area (Å²) in [6, 6.07) is 1.74. The molecule has 4 nitrogen and oxygen atoms in total. The van der Waals surface area contributed by atoms with Gasteiger partial charge in [0.15, 0.2) is 0 Å². The molecule has 19 heavy (non-hydrogen) atoms. The van der Waals surface area contributed by atoms with Crippen LogP contribution in [0.2, 0.25) is 5.15 Å². The monoisotopic (exact) mass is 296 g/mol. The number of rotatable bonds is 2. The molecule has 1 fully saturated rings. The molecule has 1 unspecified atom stereocenters. The Morgan fingerprint density at radius 3 is 2.84 bits per heavy atom. The Bertz CT molecular complexity index is 456. The Morgan fingerprint density at radius 2 is 2.21 bits per heavy atom. The molecule has 0 bridgehead atoms. The van der Waals surface area contributed by atoms with Gasteiger partial charge in [-0.3, -0.25) is 0 Å². The molecule has 1 atom stereocenters. The zero-order chi connectivity index (χ0) is 14.0. The molecular formula is C11H12ClF3N2O2. The van der Waals surface area contributed by atoms with Crippen molar-refractivity contribution in [3.8, 4) is 0 Å². The number of anilines is 1. The maximum Gasteiger partial charge on any atom is 0.416 e. The predicted octanol–water partition coefficient (Wildman–Crippen LogP) is 1.95. The highest BCUT2D eigenvalue weighted by Gasteiger charge is 2.32. The van der Waals surface area contributed by atoms with E-state index in [4.69, 9.17) is 21.4 Å². The zero-order valence-corrected chi connectivity index (χ0v) is 10.6. The first-order chi connectivity index (χ1) is 8.90. The van der Waals surface area contributed by atoms with Crippen molar-refractivity contribution in [1.82, 2.24) is 4.98 Å². The number of nitrogens with zero attached hydrogens (tertiary/aromatic N) is 2. The lowest BCUT2D eigenvalue weighted by Gasteiger charge is -2.33. The van der Waals surface area contributed by atoms with Gasteiger partial charge in [0.25, 0.3) is 0 Å². The zero-order valence-electron chi connectivity index (χ0n) is 9.82. The Kier molecular flexibility index (Phi) is 4.17. The van der Waals surface area contributed by atoms with Crippen LogP contribution < -0.4 is 4.90 Å². The van der Waals surface area contributed by atoms with Crippen molar-refractivity contribution in [3.63, 3.8) is 0 Å². The Labute approximate surface area is 112 Å². The van der Waals surface area contributed by atoms with Gasteiger partial charge in [0.2, 0.25) is 0 Å². The molecule has 1 N–H and O–H groups in total. The van der Waals surface area contributed by atoms with E-state index in [-0.39, 0.29) is 24.1 Å². The van der Waals surface area contributed by atoms with E-state index >= 15 is 0 Å². The average molecular weight is 297 g/mol. The summed E-state index contributed by atoms with van der Waals surface area (Å²) in [6.07, 6.45) is -4.90. The number of aromatic nitrogens is 1. The lowest BCUT2D eigenvalue weighted by Crippen LogP contribution is -2.44. The average Bonchev–Trinajstić information content (AvgIpc) is 2.37. The van der Waals surface area contributed by atoms with Crippen LogP contribution in [-0.2, 0) is 10.9 Å². The molecule has 0 spiro atoms.